The second-order valence-electron chi connectivity index (χ2n) is 7.93. The van der Waals surface area contributed by atoms with Crippen LogP contribution in [0.4, 0.5) is 4.39 Å². The average molecular weight is 474 g/mol. The van der Waals surface area contributed by atoms with Gasteiger partial charge in [0.1, 0.15) is 11.6 Å². The largest absolute Gasteiger partial charge is 0.339 e. The number of carbonyl (C=O) groups excluding carboxylic acids is 1. The lowest BCUT2D eigenvalue weighted by atomic mass is 10.2. The van der Waals surface area contributed by atoms with Gasteiger partial charge in [-0.25, -0.2) is 17.8 Å². The molecule has 0 bridgehead atoms. The van der Waals surface area contributed by atoms with Gasteiger partial charge in [-0.15, -0.1) is 0 Å². The molecule has 2 heterocycles. The van der Waals surface area contributed by atoms with E-state index in [-0.39, 0.29) is 16.4 Å². The van der Waals surface area contributed by atoms with Crippen LogP contribution in [0.1, 0.15) is 12.7 Å². The molecule has 33 heavy (non-hydrogen) atoms. The van der Waals surface area contributed by atoms with E-state index in [4.69, 9.17) is 0 Å². The number of carbonyl (C=O) groups is 1. The first kappa shape index (κ1) is 23.0. The maximum atomic E-state index is 13.1. The van der Waals surface area contributed by atoms with Crippen molar-refractivity contribution in [1.29, 1.82) is 0 Å². The molecule has 9 nitrogen and oxygen atoms in total. The van der Waals surface area contributed by atoms with E-state index in [1.165, 1.54) is 6.92 Å². The Kier molecular flexibility index (Phi) is 6.54. The molecule has 2 aromatic carbocycles. The van der Waals surface area contributed by atoms with Crippen molar-refractivity contribution in [3.8, 4) is 0 Å². The summed E-state index contributed by atoms with van der Waals surface area (Å²) >= 11 is 0. The number of benzene rings is 2. The van der Waals surface area contributed by atoms with Gasteiger partial charge in [0.05, 0.1) is 28.4 Å². The van der Waals surface area contributed by atoms with Crippen LogP contribution in [-0.2, 0) is 21.4 Å². The summed E-state index contributed by atoms with van der Waals surface area (Å²) in [5.41, 5.74) is 0.444. The van der Waals surface area contributed by atoms with Gasteiger partial charge < -0.3 is 9.88 Å². The first-order chi connectivity index (χ1) is 15.7. The molecule has 1 fully saturated rings. The molecular formula is C22H24FN5O4S. The zero-order valence-corrected chi connectivity index (χ0v) is 18.8. The predicted molar refractivity (Wildman–Crippen MR) is 120 cm³/mol. The van der Waals surface area contributed by atoms with Crippen molar-refractivity contribution in [2.45, 2.75) is 24.4 Å². The van der Waals surface area contributed by atoms with Crippen molar-refractivity contribution in [3.05, 3.63) is 70.5 Å². The van der Waals surface area contributed by atoms with E-state index in [9.17, 15) is 22.4 Å². The van der Waals surface area contributed by atoms with E-state index < -0.39 is 21.9 Å². The van der Waals surface area contributed by atoms with Crippen molar-refractivity contribution in [2.75, 3.05) is 26.2 Å². The second kappa shape index (κ2) is 9.38. The SMILES string of the molecule is C[C@H](NS(=O)(=O)c1ccc(F)cc1)C(=O)N1CCN(Cc2nc3ccccc3c(=O)[nH]2)CC1. The van der Waals surface area contributed by atoms with Gasteiger partial charge >= 0.3 is 0 Å². The number of rotatable bonds is 6. The molecule has 0 radical (unpaired) electrons. The number of para-hydroxylation sites is 1. The van der Waals surface area contributed by atoms with Gasteiger partial charge in [0.25, 0.3) is 5.56 Å². The Labute approximate surface area is 190 Å². The Hall–Kier alpha value is -3.15. The standard InChI is InChI=1S/C22H24FN5O4S/c1-15(26-33(31,32)17-8-6-16(23)7-9-17)22(30)28-12-10-27(11-13-28)14-20-24-19-5-3-2-4-18(19)21(29)25-20/h2-9,15,26H,10-14H2,1H3,(H,24,25,29)/t15-/m0/s1. The summed E-state index contributed by atoms with van der Waals surface area (Å²) in [5, 5.41) is 0.536. The molecule has 1 aliphatic heterocycles. The number of halogens is 1. The number of piperazine rings is 1. The van der Waals surface area contributed by atoms with E-state index in [1.54, 1.807) is 23.1 Å². The molecule has 1 aliphatic rings. The molecule has 4 rings (SSSR count). The van der Waals surface area contributed by atoms with Gasteiger partial charge in [-0.3, -0.25) is 14.5 Å². The first-order valence-electron chi connectivity index (χ1n) is 10.5. The molecule has 0 spiro atoms. The van der Waals surface area contributed by atoms with Gasteiger partial charge in [0.2, 0.25) is 15.9 Å². The van der Waals surface area contributed by atoms with Crippen LogP contribution in [-0.4, -0.2) is 66.3 Å². The van der Waals surface area contributed by atoms with E-state index in [0.29, 0.717) is 49.5 Å². The zero-order chi connectivity index (χ0) is 23.6. The van der Waals surface area contributed by atoms with Crippen LogP contribution in [0, 0.1) is 5.82 Å². The summed E-state index contributed by atoms with van der Waals surface area (Å²) in [6, 6.07) is 10.6. The van der Waals surface area contributed by atoms with Crippen molar-refractivity contribution < 1.29 is 17.6 Å². The highest BCUT2D eigenvalue weighted by Gasteiger charge is 2.28. The number of aromatic amines is 1. The Morgan fingerprint density at radius 2 is 1.79 bits per heavy atom. The molecule has 2 N–H and O–H groups in total. The van der Waals surface area contributed by atoms with Crippen LogP contribution in [0.25, 0.3) is 10.9 Å². The number of aromatic nitrogens is 2. The fourth-order valence-electron chi connectivity index (χ4n) is 3.79. The summed E-state index contributed by atoms with van der Waals surface area (Å²) in [4.78, 5) is 35.9. The molecule has 1 saturated heterocycles. The molecule has 0 aliphatic carbocycles. The van der Waals surface area contributed by atoms with E-state index >= 15 is 0 Å². The third kappa shape index (κ3) is 5.27. The third-order valence-electron chi connectivity index (χ3n) is 5.55. The number of nitrogens with one attached hydrogen (secondary N) is 2. The normalized spacial score (nSPS) is 16.1. The lowest BCUT2D eigenvalue weighted by Crippen LogP contribution is -2.54. The molecule has 0 saturated carbocycles. The number of amides is 1. The predicted octanol–water partition coefficient (Wildman–Crippen LogP) is 1.07. The molecule has 0 unspecified atom stereocenters. The molecule has 3 aromatic rings. The van der Waals surface area contributed by atoms with Crippen molar-refractivity contribution in [2.24, 2.45) is 0 Å². The molecule has 11 heteroatoms. The summed E-state index contributed by atoms with van der Waals surface area (Å²) in [6.07, 6.45) is 0. The highest BCUT2D eigenvalue weighted by atomic mass is 32.2. The third-order valence-corrected chi connectivity index (χ3v) is 7.10. The number of fused-ring (bicyclic) bond motifs is 1. The quantitative estimate of drug-likeness (QED) is 0.554. The van der Waals surface area contributed by atoms with Crippen LogP contribution in [0.3, 0.4) is 0 Å². The van der Waals surface area contributed by atoms with Crippen LogP contribution < -0.4 is 10.3 Å². The van der Waals surface area contributed by atoms with Gasteiger partial charge in [-0.05, 0) is 43.3 Å². The van der Waals surface area contributed by atoms with Gasteiger partial charge in [-0.1, -0.05) is 12.1 Å². The van der Waals surface area contributed by atoms with E-state index in [1.807, 2.05) is 6.07 Å². The summed E-state index contributed by atoms with van der Waals surface area (Å²) in [6.45, 7) is 3.87. The van der Waals surface area contributed by atoms with E-state index in [2.05, 4.69) is 19.6 Å². The number of nitrogens with zero attached hydrogens (tertiary/aromatic N) is 3. The Bertz CT molecular complexity index is 1320. The second-order valence-corrected chi connectivity index (χ2v) is 9.64. The van der Waals surface area contributed by atoms with Crippen LogP contribution in [0.15, 0.2) is 58.2 Å². The summed E-state index contributed by atoms with van der Waals surface area (Å²) in [5.74, 6) is -0.324. The lowest BCUT2D eigenvalue weighted by molar-refractivity contribution is -0.134. The van der Waals surface area contributed by atoms with Crippen LogP contribution in [0.2, 0.25) is 0 Å². The Morgan fingerprint density at radius 1 is 1.12 bits per heavy atom. The van der Waals surface area contributed by atoms with Gasteiger partial charge in [0, 0.05) is 26.2 Å². The molecule has 174 valence electrons. The van der Waals surface area contributed by atoms with Crippen molar-refractivity contribution >= 4 is 26.8 Å². The molecule has 1 amide bonds. The number of H-pyrrole nitrogens is 1. The Balaban J connectivity index is 1.34. The number of hydrogen-bond donors (Lipinski definition) is 2. The fourth-order valence-corrected chi connectivity index (χ4v) is 4.98. The minimum atomic E-state index is -3.95. The maximum absolute atomic E-state index is 13.1. The molecule has 1 atom stereocenters. The maximum Gasteiger partial charge on any atom is 0.258 e. The summed E-state index contributed by atoms with van der Waals surface area (Å²) < 4.78 is 40.4. The minimum Gasteiger partial charge on any atom is -0.339 e. The van der Waals surface area contributed by atoms with Gasteiger partial charge in [0.15, 0.2) is 0 Å². The minimum absolute atomic E-state index is 0.106. The molecule has 1 aromatic heterocycles. The van der Waals surface area contributed by atoms with Gasteiger partial charge in [-0.2, -0.15) is 4.72 Å². The highest BCUT2D eigenvalue weighted by Crippen LogP contribution is 2.13. The van der Waals surface area contributed by atoms with Crippen molar-refractivity contribution in [3.63, 3.8) is 0 Å². The fraction of sp³-hybridized carbons (Fsp3) is 0.318. The van der Waals surface area contributed by atoms with Crippen LogP contribution >= 0.6 is 0 Å². The van der Waals surface area contributed by atoms with E-state index in [0.717, 1.165) is 24.3 Å². The highest BCUT2D eigenvalue weighted by molar-refractivity contribution is 7.89. The smallest absolute Gasteiger partial charge is 0.258 e. The number of sulfonamides is 1. The topological polar surface area (TPSA) is 115 Å². The van der Waals surface area contributed by atoms with Crippen molar-refractivity contribution in [1.82, 2.24) is 24.5 Å². The summed E-state index contributed by atoms with van der Waals surface area (Å²) in [7, 11) is -3.95. The number of hydrogen-bond acceptors (Lipinski definition) is 6. The lowest BCUT2D eigenvalue weighted by Gasteiger charge is -2.35. The molecular weight excluding hydrogens is 449 g/mol. The average Bonchev–Trinajstić information content (AvgIpc) is 2.79. The Morgan fingerprint density at radius 3 is 2.48 bits per heavy atom. The van der Waals surface area contributed by atoms with Crippen LogP contribution in [0.5, 0.6) is 0 Å². The zero-order valence-electron chi connectivity index (χ0n) is 18.0. The first-order valence-corrected chi connectivity index (χ1v) is 12.0. The monoisotopic (exact) mass is 473 g/mol.